The molecule has 1 aromatic carbocycles. The molecule has 1 saturated carbocycles. The van der Waals surface area contributed by atoms with Gasteiger partial charge < -0.3 is 9.47 Å². The van der Waals surface area contributed by atoms with Crippen LogP contribution in [0.3, 0.4) is 0 Å². The zero-order valence-electron chi connectivity index (χ0n) is 15.9. The Morgan fingerprint density at radius 1 is 1.08 bits per heavy atom. The van der Waals surface area contributed by atoms with Crippen LogP contribution in [-0.4, -0.2) is 18.0 Å². The second kappa shape index (κ2) is 9.15. The zero-order valence-corrected chi connectivity index (χ0v) is 15.9. The van der Waals surface area contributed by atoms with Gasteiger partial charge in [0.25, 0.3) is 0 Å². The Morgan fingerprint density at radius 2 is 1.73 bits per heavy atom. The van der Waals surface area contributed by atoms with Crippen molar-refractivity contribution in [3.63, 3.8) is 0 Å². The number of ether oxygens (including phenoxy) is 2. The van der Waals surface area contributed by atoms with E-state index in [9.17, 15) is 14.0 Å². The molecule has 0 radical (unpaired) electrons. The number of carbonyl (C=O) groups excluding carboxylic acids is 2. The van der Waals surface area contributed by atoms with Crippen molar-refractivity contribution < 1.29 is 23.5 Å². The summed E-state index contributed by atoms with van der Waals surface area (Å²) < 4.78 is 24.1. The van der Waals surface area contributed by atoms with Gasteiger partial charge in [0.2, 0.25) is 0 Å². The first-order chi connectivity index (χ1) is 12.3. The molecule has 2 atom stereocenters. The normalized spacial score (nSPS) is 20.5. The number of carbonyl (C=O) groups is 2. The van der Waals surface area contributed by atoms with E-state index in [-0.39, 0.29) is 36.1 Å². The molecule has 0 amide bonds. The van der Waals surface area contributed by atoms with Gasteiger partial charge in [-0.2, -0.15) is 0 Å². The van der Waals surface area contributed by atoms with Crippen LogP contribution in [0.2, 0.25) is 0 Å². The topological polar surface area (TPSA) is 52.6 Å². The number of hydrogen-bond acceptors (Lipinski definition) is 4. The fourth-order valence-corrected chi connectivity index (χ4v) is 3.53. The standard InChI is InChI=1S/C21H29FO4/c1-21(2,3)15-9-4-6-11-17(15)25-19(23)13-8-14-20(24)26-18-12-7-5-10-16(18)22/h5,7,10,12,15,17H,4,6,8-9,11,13-14H2,1-3H3. The van der Waals surface area contributed by atoms with Gasteiger partial charge in [0.05, 0.1) is 0 Å². The summed E-state index contributed by atoms with van der Waals surface area (Å²) in [5.74, 6) is -1.12. The summed E-state index contributed by atoms with van der Waals surface area (Å²) in [5, 5.41) is 0. The highest BCUT2D eigenvalue weighted by Crippen LogP contribution is 2.39. The lowest BCUT2D eigenvalue weighted by Gasteiger charge is -2.39. The summed E-state index contributed by atoms with van der Waals surface area (Å²) in [6.45, 7) is 6.55. The minimum absolute atomic E-state index is 0.0402. The van der Waals surface area contributed by atoms with E-state index >= 15 is 0 Å². The molecule has 0 bridgehead atoms. The predicted molar refractivity (Wildman–Crippen MR) is 97.2 cm³/mol. The molecule has 1 fully saturated rings. The van der Waals surface area contributed by atoms with Gasteiger partial charge in [-0.25, -0.2) is 4.39 Å². The third kappa shape index (κ3) is 6.11. The molecule has 5 heteroatoms. The van der Waals surface area contributed by atoms with Gasteiger partial charge >= 0.3 is 11.9 Å². The van der Waals surface area contributed by atoms with E-state index in [1.54, 1.807) is 6.07 Å². The van der Waals surface area contributed by atoms with Crippen molar-refractivity contribution in [3.8, 4) is 5.75 Å². The first-order valence-corrected chi connectivity index (χ1v) is 9.42. The number of benzene rings is 1. The lowest BCUT2D eigenvalue weighted by atomic mass is 9.70. The first-order valence-electron chi connectivity index (χ1n) is 9.42. The van der Waals surface area contributed by atoms with Crippen molar-refractivity contribution in [2.75, 3.05) is 0 Å². The number of rotatable bonds is 6. The summed E-state index contributed by atoms with van der Waals surface area (Å²) in [4.78, 5) is 23.9. The maximum Gasteiger partial charge on any atom is 0.311 e. The molecule has 1 aliphatic carbocycles. The van der Waals surface area contributed by atoms with Crippen molar-refractivity contribution in [1.29, 1.82) is 0 Å². The highest BCUT2D eigenvalue weighted by molar-refractivity contribution is 5.74. The quantitative estimate of drug-likeness (QED) is 0.523. The summed E-state index contributed by atoms with van der Waals surface area (Å²) in [6, 6.07) is 5.75. The smallest absolute Gasteiger partial charge is 0.311 e. The van der Waals surface area contributed by atoms with Crippen LogP contribution in [0.25, 0.3) is 0 Å². The van der Waals surface area contributed by atoms with Gasteiger partial charge in [-0.1, -0.05) is 39.3 Å². The Bertz CT molecular complexity index is 621. The van der Waals surface area contributed by atoms with Crippen LogP contribution in [0.4, 0.5) is 4.39 Å². The van der Waals surface area contributed by atoms with E-state index in [4.69, 9.17) is 9.47 Å². The van der Waals surface area contributed by atoms with Crippen LogP contribution >= 0.6 is 0 Å². The number of hydrogen-bond donors (Lipinski definition) is 0. The lowest BCUT2D eigenvalue weighted by molar-refractivity contribution is -0.156. The fourth-order valence-electron chi connectivity index (χ4n) is 3.53. The van der Waals surface area contributed by atoms with Gasteiger partial charge in [0, 0.05) is 18.8 Å². The third-order valence-electron chi connectivity index (χ3n) is 4.92. The Labute approximate surface area is 155 Å². The largest absolute Gasteiger partial charge is 0.462 e. The molecule has 26 heavy (non-hydrogen) atoms. The number of halogens is 1. The van der Waals surface area contributed by atoms with Crippen LogP contribution in [0.15, 0.2) is 24.3 Å². The lowest BCUT2D eigenvalue weighted by Crippen LogP contribution is -2.38. The summed E-state index contributed by atoms with van der Waals surface area (Å²) in [7, 11) is 0. The Balaban J connectivity index is 1.74. The number of para-hydroxylation sites is 1. The zero-order chi connectivity index (χ0) is 19.2. The van der Waals surface area contributed by atoms with Gasteiger partial charge in [-0.05, 0) is 43.2 Å². The maximum atomic E-state index is 13.4. The summed E-state index contributed by atoms with van der Waals surface area (Å²) in [6.07, 6.45) is 4.76. The van der Waals surface area contributed by atoms with Crippen LogP contribution in [0, 0.1) is 17.2 Å². The van der Waals surface area contributed by atoms with Crippen LogP contribution in [-0.2, 0) is 14.3 Å². The Morgan fingerprint density at radius 3 is 2.42 bits per heavy atom. The average molecular weight is 364 g/mol. The highest BCUT2D eigenvalue weighted by Gasteiger charge is 2.36. The van der Waals surface area contributed by atoms with Crippen molar-refractivity contribution >= 4 is 11.9 Å². The van der Waals surface area contributed by atoms with Crippen molar-refractivity contribution in [2.24, 2.45) is 11.3 Å². The second-order valence-corrected chi connectivity index (χ2v) is 8.04. The van der Waals surface area contributed by atoms with Crippen LogP contribution in [0.5, 0.6) is 5.75 Å². The van der Waals surface area contributed by atoms with Crippen LogP contribution in [0.1, 0.15) is 65.7 Å². The Kier molecular flexibility index (Phi) is 7.18. The molecule has 0 aliphatic heterocycles. The first kappa shape index (κ1) is 20.4. The number of esters is 2. The van der Waals surface area contributed by atoms with E-state index < -0.39 is 11.8 Å². The molecule has 1 aromatic rings. The van der Waals surface area contributed by atoms with E-state index in [0.29, 0.717) is 12.3 Å². The maximum absolute atomic E-state index is 13.4. The molecule has 0 heterocycles. The van der Waals surface area contributed by atoms with Crippen molar-refractivity contribution in [3.05, 3.63) is 30.1 Å². The monoisotopic (exact) mass is 364 g/mol. The minimum atomic E-state index is -0.578. The van der Waals surface area contributed by atoms with E-state index in [0.717, 1.165) is 19.3 Å². The molecule has 0 saturated heterocycles. The average Bonchev–Trinajstić information content (AvgIpc) is 2.56. The SMILES string of the molecule is CC(C)(C)C1CCCCC1OC(=O)CCCC(=O)Oc1ccccc1F. The van der Waals surface area contributed by atoms with E-state index in [1.807, 2.05) is 0 Å². The highest BCUT2D eigenvalue weighted by atomic mass is 19.1. The molecule has 144 valence electrons. The van der Waals surface area contributed by atoms with Crippen LogP contribution < -0.4 is 4.74 Å². The predicted octanol–water partition coefficient (Wildman–Crippen LogP) is 5.05. The van der Waals surface area contributed by atoms with Gasteiger partial charge in [0.1, 0.15) is 6.10 Å². The van der Waals surface area contributed by atoms with Gasteiger partial charge in [-0.3, -0.25) is 9.59 Å². The van der Waals surface area contributed by atoms with E-state index in [2.05, 4.69) is 20.8 Å². The minimum Gasteiger partial charge on any atom is -0.462 e. The molecule has 4 nitrogen and oxygen atoms in total. The molecular formula is C21H29FO4. The third-order valence-corrected chi connectivity index (χ3v) is 4.92. The molecule has 2 rings (SSSR count). The molecule has 1 aliphatic rings. The second-order valence-electron chi connectivity index (χ2n) is 8.04. The molecular weight excluding hydrogens is 335 g/mol. The summed E-state index contributed by atoms with van der Waals surface area (Å²) >= 11 is 0. The molecule has 2 unspecified atom stereocenters. The van der Waals surface area contributed by atoms with Crippen molar-refractivity contribution in [2.45, 2.75) is 71.8 Å². The van der Waals surface area contributed by atoms with Gasteiger partial charge in [0.15, 0.2) is 11.6 Å². The molecule has 0 aromatic heterocycles. The van der Waals surface area contributed by atoms with Gasteiger partial charge in [-0.15, -0.1) is 0 Å². The molecule has 0 spiro atoms. The fraction of sp³-hybridized carbons (Fsp3) is 0.619. The molecule has 0 N–H and O–H groups in total. The van der Waals surface area contributed by atoms with E-state index in [1.165, 1.54) is 24.6 Å². The van der Waals surface area contributed by atoms with Crippen molar-refractivity contribution in [1.82, 2.24) is 0 Å². The summed E-state index contributed by atoms with van der Waals surface area (Å²) in [5.41, 5.74) is 0.106. The Hall–Kier alpha value is -1.91.